The largest absolute Gasteiger partial charge is 0.398 e. The molecule has 2 N–H and O–H groups in total. The van der Waals surface area contributed by atoms with E-state index in [1.54, 1.807) is 0 Å². The summed E-state index contributed by atoms with van der Waals surface area (Å²) < 4.78 is 0. The Balaban J connectivity index is 2.09. The van der Waals surface area contributed by atoms with Crippen molar-refractivity contribution in [1.29, 1.82) is 0 Å². The third kappa shape index (κ3) is 3.09. The molecule has 0 aliphatic heterocycles. The van der Waals surface area contributed by atoms with Crippen molar-refractivity contribution in [2.45, 2.75) is 40.2 Å². The van der Waals surface area contributed by atoms with Gasteiger partial charge < -0.3 is 10.6 Å². The highest BCUT2D eigenvalue weighted by Crippen LogP contribution is 2.52. The van der Waals surface area contributed by atoms with E-state index < -0.39 is 0 Å². The maximum atomic E-state index is 12.5. The molecule has 1 fully saturated rings. The molecule has 1 atom stereocenters. The van der Waals surface area contributed by atoms with Gasteiger partial charge in [0.2, 0.25) is 5.91 Å². The maximum absolute atomic E-state index is 12.5. The monoisotopic (exact) mass is 260 g/mol. The number of hydrogen-bond acceptors (Lipinski definition) is 2. The zero-order valence-corrected chi connectivity index (χ0v) is 12.1. The molecular weight excluding hydrogens is 236 g/mol. The van der Waals surface area contributed by atoms with Gasteiger partial charge in [-0.15, -0.1) is 0 Å². The molecule has 0 saturated heterocycles. The lowest BCUT2D eigenvalue weighted by atomic mass is 10.1. The van der Waals surface area contributed by atoms with Crippen molar-refractivity contribution in [3.63, 3.8) is 0 Å². The fraction of sp³-hybridized carbons (Fsp3) is 0.562. The topological polar surface area (TPSA) is 46.3 Å². The van der Waals surface area contributed by atoms with Crippen LogP contribution in [0.15, 0.2) is 24.3 Å². The molecule has 1 aromatic rings. The predicted octanol–water partition coefficient (Wildman–Crippen LogP) is 3.05. The highest BCUT2D eigenvalue weighted by atomic mass is 16.2. The minimum absolute atomic E-state index is 0.186. The van der Waals surface area contributed by atoms with Crippen molar-refractivity contribution < 1.29 is 4.79 Å². The Morgan fingerprint density at radius 3 is 2.58 bits per heavy atom. The van der Waals surface area contributed by atoms with Crippen LogP contribution in [0.5, 0.6) is 0 Å². The van der Waals surface area contributed by atoms with Gasteiger partial charge in [-0.2, -0.15) is 0 Å². The van der Waals surface area contributed by atoms with Crippen LogP contribution in [0.25, 0.3) is 0 Å². The molecule has 0 bridgehead atoms. The first-order chi connectivity index (χ1) is 8.95. The SMILES string of the molecule is CCCN(Cc1ccccc1N)C(=O)C1CC1(C)C. The quantitative estimate of drug-likeness (QED) is 0.827. The Hall–Kier alpha value is -1.51. The smallest absolute Gasteiger partial charge is 0.226 e. The molecule has 3 heteroatoms. The molecule has 1 aliphatic rings. The zero-order chi connectivity index (χ0) is 14.0. The molecule has 0 radical (unpaired) electrons. The van der Waals surface area contributed by atoms with E-state index in [1.165, 1.54) is 0 Å². The molecule has 1 aliphatic carbocycles. The number of amides is 1. The van der Waals surface area contributed by atoms with E-state index in [0.717, 1.165) is 30.6 Å². The molecule has 1 unspecified atom stereocenters. The fourth-order valence-electron chi connectivity index (χ4n) is 2.53. The van der Waals surface area contributed by atoms with Gasteiger partial charge in [-0.3, -0.25) is 4.79 Å². The van der Waals surface area contributed by atoms with Crippen LogP contribution in [0, 0.1) is 11.3 Å². The summed E-state index contributed by atoms with van der Waals surface area (Å²) in [4.78, 5) is 14.5. The summed E-state index contributed by atoms with van der Waals surface area (Å²) in [7, 11) is 0. The summed E-state index contributed by atoms with van der Waals surface area (Å²) in [5, 5.41) is 0. The van der Waals surface area contributed by atoms with E-state index in [-0.39, 0.29) is 17.2 Å². The molecule has 104 valence electrons. The van der Waals surface area contributed by atoms with Gasteiger partial charge in [-0.25, -0.2) is 0 Å². The summed E-state index contributed by atoms with van der Waals surface area (Å²) in [5.74, 6) is 0.485. The van der Waals surface area contributed by atoms with Crippen LogP contribution in [-0.4, -0.2) is 17.4 Å². The number of benzene rings is 1. The van der Waals surface area contributed by atoms with Crippen LogP contribution in [0.3, 0.4) is 0 Å². The summed E-state index contributed by atoms with van der Waals surface area (Å²) in [5.41, 5.74) is 7.97. The van der Waals surface area contributed by atoms with E-state index in [2.05, 4.69) is 20.8 Å². The van der Waals surface area contributed by atoms with E-state index in [4.69, 9.17) is 5.73 Å². The Labute approximate surface area is 115 Å². The van der Waals surface area contributed by atoms with Crippen LogP contribution in [0.2, 0.25) is 0 Å². The summed E-state index contributed by atoms with van der Waals surface area (Å²) in [6.07, 6.45) is 1.99. The molecule has 3 nitrogen and oxygen atoms in total. The lowest BCUT2D eigenvalue weighted by Crippen LogP contribution is -2.33. The van der Waals surface area contributed by atoms with Gasteiger partial charge in [0.1, 0.15) is 0 Å². The molecule has 1 amide bonds. The summed E-state index contributed by atoms with van der Waals surface area (Å²) in [6.45, 7) is 7.87. The molecular formula is C16H24N2O. The van der Waals surface area contributed by atoms with Gasteiger partial charge in [0, 0.05) is 24.7 Å². The minimum atomic E-state index is 0.186. The van der Waals surface area contributed by atoms with E-state index in [9.17, 15) is 4.79 Å². The highest BCUT2D eigenvalue weighted by molar-refractivity contribution is 5.82. The summed E-state index contributed by atoms with van der Waals surface area (Å²) >= 11 is 0. The third-order valence-corrected chi connectivity index (χ3v) is 4.03. The number of anilines is 1. The Kier molecular flexibility index (Phi) is 3.83. The first-order valence-corrected chi connectivity index (χ1v) is 7.08. The standard InChI is InChI=1S/C16H24N2O/c1-4-9-18(15(19)13-10-16(13,2)3)11-12-7-5-6-8-14(12)17/h5-8,13H,4,9-11,17H2,1-3H3. The van der Waals surface area contributed by atoms with Crippen LogP contribution in [0.4, 0.5) is 5.69 Å². The molecule has 19 heavy (non-hydrogen) atoms. The number of hydrogen-bond donors (Lipinski definition) is 1. The van der Waals surface area contributed by atoms with Gasteiger partial charge in [-0.05, 0) is 29.9 Å². The minimum Gasteiger partial charge on any atom is -0.398 e. The normalized spacial score (nSPS) is 20.1. The highest BCUT2D eigenvalue weighted by Gasteiger charge is 2.51. The first kappa shape index (κ1) is 13.9. The van der Waals surface area contributed by atoms with Gasteiger partial charge in [0.05, 0.1) is 0 Å². The average Bonchev–Trinajstić information content (AvgIpc) is 2.99. The number of nitrogen functional groups attached to an aromatic ring is 1. The van der Waals surface area contributed by atoms with Crippen molar-refractivity contribution in [2.75, 3.05) is 12.3 Å². The lowest BCUT2D eigenvalue weighted by molar-refractivity contribution is -0.134. The number of nitrogens with two attached hydrogens (primary N) is 1. The molecule has 2 rings (SSSR count). The second kappa shape index (κ2) is 5.24. The van der Waals surface area contributed by atoms with Crippen LogP contribution >= 0.6 is 0 Å². The van der Waals surface area contributed by atoms with Crippen molar-refractivity contribution >= 4 is 11.6 Å². The maximum Gasteiger partial charge on any atom is 0.226 e. The number of para-hydroxylation sites is 1. The second-order valence-electron chi connectivity index (χ2n) is 6.20. The summed E-state index contributed by atoms with van der Waals surface area (Å²) in [6, 6.07) is 7.80. The van der Waals surface area contributed by atoms with Crippen LogP contribution in [-0.2, 0) is 11.3 Å². The number of carbonyl (C=O) groups is 1. The number of carbonyl (C=O) groups excluding carboxylic acids is 1. The van der Waals surface area contributed by atoms with Crippen molar-refractivity contribution in [3.05, 3.63) is 29.8 Å². The van der Waals surface area contributed by atoms with Gasteiger partial charge in [-0.1, -0.05) is 39.0 Å². The fourth-order valence-corrected chi connectivity index (χ4v) is 2.53. The average molecular weight is 260 g/mol. The molecule has 0 spiro atoms. The Morgan fingerprint density at radius 1 is 1.42 bits per heavy atom. The van der Waals surface area contributed by atoms with Crippen molar-refractivity contribution in [1.82, 2.24) is 4.90 Å². The number of nitrogens with zero attached hydrogens (tertiary/aromatic N) is 1. The third-order valence-electron chi connectivity index (χ3n) is 4.03. The van der Waals surface area contributed by atoms with E-state index in [0.29, 0.717) is 6.54 Å². The van der Waals surface area contributed by atoms with Gasteiger partial charge >= 0.3 is 0 Å². The Bertz CT molecular complexity index is 468. The zero-order valence-electron chi connectivity index (χ0n) is 12.1. The van der Waals surface area contributed by atoms with Gasteiger partial charge in [0.25, 0.3) is 0 Å². The molecule has 1 aromatic carbocycles. The Morgan fingerprint density at radius 2 is 2.05 bits per heavy atom. The predicted molar refractivity (Wildman–Crippen MR) is 78.5 cm³/mol. The van der Waals surface area contributed by atoms with Crippen molar-refractivity contribution in [3.8, 4) is 0 Å². The lowest BCUT2D eigenvalue weighted by Gasteiger charge is -2.24. The molecule has 1 saturated carbocycles. The van der Waals surface area contributed by atoms with Crippen LogP contribution in [0.1, 0.15) is 39.2 Å². The number of rotatable bonds is 5. The van der Waals surface area contributed by atoms with Crippen LogP contribution < -0.4 is 5.73 Å². The second-order valence-corrected chi connectivity index (χ2v) is 6.20. The van der Waals surface area contributed by atoms with E-state index in [1.807, 2.05) is 29.2 Å². The van der Waals surface area contributed by atoms with E-state index >= 15 is 0 Å². The first-order valence-electron chi connectivity index (χ1n) is 7.08. The molecule has 0 heterocycles. The van der Waals surface area contributed by atoms with Crippen molar-refractivity contribution in [2.24, 2.45) is 11.3 Å². The van der Waals surface area contributed by atoms with Gasteiger partial charge in [0.15, 0.2) is 0 Å². The molecule has 0 aromatic heterocycles.